The number of allylic oxidation sites excluding steroid dienone is 1. The Morgan fingerprint density at radius 2 is 1.42 bits per heavy atom. The number of hydrogen-bond donors (Lipinski definition) is 3. The minimum Gasteiger partial charge on any atom is -0.289 e. The summed E-state index contributed by atoms with van der Waals surface area (Å²) in [7, 11) is -3.79. The molecule has 0 bridgehead atoms. The molecule has 9 heteroatoms. The van der Waals surface area contributed by atoms with Crippen LogP contribution in [0.4, 0.5) is 0 Å². The van der Waals surface area contributed by atoms with E-state index in [-0.39, 0.29) is 18.9 Å². The number of benzene rings is 2. The molecule has 8 nitrogen and oxygen atoms in total. The Morgan fingerprint density at radius 1 is 0.889 bits per heavy atom. The van der Waals surface area contributed by atoms with E-state index < -0.39 is 33.7 Å². The molecule has 194 valence electrons. The summed E-state index contributed by atoms with van der Waals surface area (Å²) in [5.74, 6) is -3.05. The smallest absolute Gasteiger partial charge is 0.247 e. The Labute approximate surface area is 213 Å². The number of nitrogens with one attached hydrogen (secondary N) is 2. The summed E-state index contributed by atoms with van der Waals surface area (Å²) in [4.78, 5) is 25.9. The van der Waals surface area contributed by atoms with Gasteiger partial charge in [0, 0.05) is 0 Å². The number of nitrogens with zero attached hydrogens (tertiary/aromatic N) is 1. The molecule has 0 fully saturated rings. The molecule has 36 heavy (non-hydrogen) atoms. The molecule has 0 heterocycles. The standard InChI is InChI=1S/C27H35N3O5S/c1-21(2)20-25(24(27(32)29-33)18-10-16-22-12-6-4-7-13-22)26(31)28-30(36(3,34)35)19-11-17-23-14-8-5-9-15-23/h4-17,21,24-25,33H,18-20H2,1-3H3,(H,28,31)(H,29,32)/t24-,25+/m0/s1. The number of hydroxylamine groups is 1. The third-order valence-corrected chi connectivity index (χ3v) is 6.55. The third-order valence-electron chi connectivity index (χ3n) is 5.51. The van der Waals surface area contributed by atoms with E-state index in [1.54, 1.807) is 23.7 Å². The minimum atomic E-state index is -3.79. The summed E-state index contributed by atoms with van der Waals surface area (Å²) in [6.07, 6.45) is 8.49. The number of carbonyl (C=O) groups excluding carboxylic acids is 2. The maximum Gasteiger partial charge on any atom is 0.247 e. The van der Waals surface area contributed by atoms with Gasteiger partial charge in [-0.25, -0.2) is 13.9 Å². The summed E-state index contributed by atoms with van der Waals surface area (Å²) in [5, 5.41) is 9.35. The zero-order valence-electron chi connectivity index (χ0n) is 20.9. The van der Waals surface area contributed by atoms with Crippen LogP contribution in [0.25, 0.3) is 12.2 Å². The molecule has 0 aromatic heterocycles. The minimum absolute atomic E-state index is 0.0394. The van der Waals surface area contributed by atoms with Crippen molar-refractivity contribution in [3.8, 4) is 0 Å². The zero-order chi connectivity index (χ0) is 26.6. The monoisotopic (exact) mass is 513 g/mol. The summed E-state index contributed by atoms with van der Waals surface area (Å²) in [6.45, 7) is 3.73. The van der Waals surface area contributed by atoms with E-state index in [1.165, 1.54) is 0 Å². The summed E-state index contributed by atoms with van der Waals surface area (Å²) in [6, 6.07) is 18.8. The van der Waals surface area contributed by atoms with Crippen molar-refractivity contribution in [2.75, 3.05) is 12.8 Å². The van der Waals surface area contributed by atoms with E-state index >= 15 is 0 Å². The van der Waals surface area contributed by atoms with Crippen LogP contribution in [-0.4, -0.2) is 42.7 Å². The van der Waals surface area contributed by atoms with Crippen LogP contribution < -0.4 is 10.9 Å². The fraction of sp³-hybridized carbons (Fsp3) is 0.333. The van der Waals surface area contributed by atoms with Gasteiger partial charge in [0.05, 0.1) is 24.6 Å². The fourth-order valence-corrected chi connectivity index (χ4v) is 4.34. The topological polar surface area (TPSA) is 116 Å². The quantitative estimate of drug-likeness (QED) is 0.278. The summed E-state index contributed by atoms with van der Waals surface area (Å²) in [5.41, 5.74) is 5.97. The third kappa shape index (κ3) is 9.77. The van der Waals surface area contributed by atoms with E-state index in [0.29, 0.717) is 6.42 Å². The number of carbonyl (C=O) groups is 2. The average Bonchev–Trinajstić information content (AvgIpc) is 2.85. The van der Waals surface area contributed by atoms with Gasteiger partial charge in [0.15, 0.2) is 0 Å². The molecule has 0 radical (unpaired) electrons. The van der Waals surface area contributed by atoms with Gasteiger partial charge in [-0.05, 0) is 29.9 Å². The molecule has 2 atom stereocenters. The Kier molecular flexibility index (Phi) is 11.5. The van der Waals surface area contributed by atoms with Gasteiger partial charge in [-0.2, -0.15) is 0 Å². The first-order valence-corrected chi connectivity index (χ1v) is 13.6. The Hall–Kier alpha value is -3.27. The van der Waals surface area contributed by atoms with Crippen LogP contribution >= 0.6 is 0 Å². The molecule has 0 aliphatic heterocycles. The number of hydrogen-bond acceptors (Lipinski definition) is 5. The largest absolute Gasteiger partial charge is 0.289 e. The number of sulfonamides is 1. The van der Waals surface area contributed by atoms with Gasteiger partial charge in [-0.3, -0.25) is 20.2 Å². The zero-order valence-corrected chi connectivity index (χ0v) is 21.7. The number of rotatable bonds is 13. The van der Waals surface area contributed by atoms with Gasteiger partial charge in [-0.1, -0.05) is 98.8 Å². The second kappa shape index (κ2) is 14.3. The van der Waals surface area contributed by atoms with E-state index in [0.717, 1.165) is 21.8 Å². The highest BCUT2D eigenvalue weighted by atomic mass is 32.2. The fourth-order valence-electron chi connectivity index (χ4n) is 3.73. The molecule has 0 spiro atoms. The van der Waals surface area contributed by atoms with Crippen molar-refractivity contribution in [1.29, 1.82) is 0 Å². The molecule has 2 aromatic rings. The van der Waals surface area contributed by atoms with Crippen molar-refractivity contribution in [2.24, 2.45) is 17.8 Å². The van der Waals surface area contributed by atoms with Gasteiger partial charge in [0.1, 0.15) is 0 Å². The molecular weight excluding hydrogens is 478 g/mol. The van der Waals surface area contributed by atoms with Crippen LogP contribution in [0, 0.1) is 17.8 Å². The van der Waals surface area contributed by atoms with Gasteiger partial charge >= 0.3 is 0 Å². The maximum absolute atomic E-state index is 13.3. The highest BCUT2D eigenvalue weighted by Gasteiger charge is 2.35. The van der Waals surface area contributed by atoms with Gasteiger partial charge in [0.25, 0.3) is 0 Å². The van der Waals surface area contributed by atoms with Crippen molar-refractivity contribution in [3.63, 3.8) is 0 Å². The average molecular weight is 514 g/mol. The SMILES string of the molecule is CC(C)C[C@@H](C(=O)NN(CC=Cc1ccccc1)S(C)(=O)=O)[C@H](CC=Cc1ccccc1)C(=O)NO. The number of amides is 2. The maximum atomic E-state index is 13.3. The van der Waals surface area contributed by atoms with Crippen molar-refractivity contribution in [1.82, 2.24) is 15.3 Å². The second-order valence-electron chi connectivity index (χ2n) is 8.95. The lowest BCUT2D eigenvalue weighted by Gasteiger charge is -2.28. The Morgan fingerprint density at radius 3 is 1.89 bits per heavy atom. The van der Waals surface area contributed by atoms with Crippen LogP contribution in [-0.2, 0) is 19.6 Å². The van der Waals surface area contributed by atoms with Crippen molar-refractivity contribution in [3.05, 3.63) is 83.9 Å². The van der Waals surface area contributed by atoms with Crippen molar-refractivity contribution < 1.29 is 23.2 Å². The van der Waals surface area contributed by atoms with Crippen LogP contribution in [0.3, 0.4) is 0 Å². The molecular formula is C27H35N3O5S. The molecule has 2 aromatic carbocycles. The summed E-state index contributed by atoms with van der Waals surface area (Å²) < 4.78 is 25.6. The second-order valence-corrected chi connectivity index (χ2v) is 10.9. The molecule has 0 saturated carbocycles. The first-order valence-electron chi connectivity index (χ1n) is 11.8. The lowest BCUT2D eigenvalue weighted by Crippen LogP contribution is -2.50. The first-order chi connectivity index (χ1) is 17.1. The number of hydrazine groups is 1. The molecule has 2 rings (SSSR count). The molecule has 0 saturated heterocycles. The molecule has 0 unspecified atom stereocenters. The highest BCUT2D eigenvalue weighted by Crippen LogP contribution is 2.26. The Balaban J connectivity index is 2.23. The normalized spacial score (nSPS) is 13.8. The van der Waals surface area contributed by atoms with Crippen LogP contribution in [0.2, 0.25) is 0 Å². The van der Waals surface area contributed by atoms with Crippen LogP contribution in [0.15, 0.2) is 72.8 Å². The van der Waals surface area contributed by atoms with E-state index in [4.69, 9.17) is 0 Å². The van der Waals surface area contributed by atoms with E-state index in [1.807, 2.05) is 80.6 Å². The predicted octanol–water partition coefficient (Wildman–Crippen LogP) is 3.88. The first kappa shape index (κ1) is 29.0. The van der Waals surface area contributed by atoms with E-state index in [9.17, 15) is 23.2 Å². The van der Waals surface area contributed by atoms with Crippen LogP contribution in [0.1, 0.15) is 37.8 Å². The molecule has 2 amide bonds. The van der Waals surface area contributed by atoms with Gasteiger partial charge in [-0.15, -0.1) is 4.41 Å². The van der Waals surface area contributed by atoms with Crippen LogP contribution in [0.5, 0.6) is 0 Å². The molecule has 0 aliphatic rings. The lowest BCUT2D eigenvalue weighted by molar-refractivity contribution is -0.141. The van der Waals surface area contributed by atoms with Crippen molar-refractivity contribution in [2.45, 2.75) is 26.7 Å². The van der Waals surface area contributed by atoms with Gasteiger partial charge < -0.3 is 0 Å². The molecule has 0 aliphatic carbocycles. The van der Waals surface area contributed by atoms with Crippen molar-refractivity contribution >= 4 is 34.0 Å². The predicted molar refractivity (Wildman–Crippen MR) is 142 cm³/mol. The van der Waals surface area contributed by atoms with E-state index in [2.05, 4.69) is 5.43 Å². The summed E-state index contributed by atoms with van der Waals surface area (Å²) >= 11 is 0. The lowest BCUT2D eigenvalue weighted by atomic mass is 9.82. The van der Waals surface area contributed by atoms with Gasteiger partial charge in [0.2, 0.25) is 21.8 Å². The molecule has 3 N–H and O–H groups in total. The highest BCUT2D eigenvalue weighted by molar-refractivity contribution is 7.88. The Bertz CT molecular complexity index is 1130.